The van der Waals surface area contributed by atoms with Crippen LogP contribution in [0.15, 0.2) is 35.1 Å². The Morgan fingerprint density at radius 1 is 1.36 bits per heavy atom. The van der Waals surface area contributed by atoms with Gasteiger partial charge in [0.1, 0.15) is 5.82 Å². The summed E-state index contributed by atoms with van der Waals surface area (Å²) >= 11 is 0. The van der Waals surface area contributed by atoms with Crippen LogP contribution in [0.1, 0.15) is 12.6 Å². The van der Waals surface area contributed by atoms with Crippen molar-refractivity contribution in [3.05, 3.63) is 46.4 Å². The number of halogens is 1. The number of benzene rings is 1. The molecule has 4 N–H and O–H groups in total. The predicted octanol–water partition coefficient (Wildman–Crippen LogP) is 1.70. The maximum Gasteiger partial charge on any atom is 0.251 e. The third-order valence-corrected chi connectivity index (χ3v) is 3.10. The Bertz CT molecular complexity index is 697. The number of nitrogens with one attached hydrogen (secondary N) is 2. The minimum Gasteiger partial charge on any atom is -0.330 e. The Morgan fingerprint density at radius 3 is 2.55 bits per heavy atom. The van der Waals surface area contributed by atoms with Gasteiger partial charge >= 0.3 is 0 Å². The van der Waals surface area contributed by atoms with Crippen LogP contribution in [0.25, 0.3) is 11.4 Å². The summed E-state index contributed by atoms with van der Waals surface area (Å²) in [5.74, 6) is 0.153. The van der Waals surface area contributed by atoms with Crippen molar-refractivity contribution in [1.29, 1.82) is 0 Å². The molecule has 7 heteroatoms. The number of hydrogen-bond donors (Lipinski definition) is 3. The van der Waals surface area contributed by atoms with Crippen molar-refractivity contribution >= 4 is 24.0 Å². The molecule has 1 aromatic carbocycles. The average Bonchev–Trinajstić information content (AvgIpc) is 2.46. The van der Waals surface area contributed by atoms with E-state index in [1.165, 1.54) is 6.07 Å². The fraction of sp³-hybridized carbons (Fsp3) is 0.267. The molecule has 6 nitrogen and oxygen atoms in total. The van der Waals surface area contributed by atoms with Crippen LogP contribution in [0, 0.1) is 12.8 Å². The predicted molar refractivity (Wildman–Crippen MR) is 89.1 cm³/mol. The molecule has 0 spiro atoms. The maximum atomic E-state index is 11.7. The number of carbonyl (C=O) groups is 1. The summed E-state index contributed by atoms with van der Waals surface area (Å²) in [4.78, 5) is 30.1. The first-order valence-corrected chi connectivity index (χ1v) is 6.69. The van der Waals surface area contributed by atoms with E-state index >= 15 is 0 Å². The molecule has 1 unspecified atom stereocenters. The summed E-state index contributed by atoms with van der Waals surface area (Å²) in [6.07, 6.45) is 0. The van der Waals surface area contributed by atoms with Crippen molar-refractivity contribution in [3.8, 4) is 11.4 Å². The molecule has 1 heterocycles. The molecule has 0 aliphatic carbocycles. The van der Waals surface area contributed by atoms with Gasteiger partial charge in [-0.05, 0) is 31.2 Å². The maximum absolute atomic E-state index is 11.7. The first-order valence-electron chi connectivity index (χ1n) is 6.69. The topological polar surface area (TPSA) is 101 Å². The van der Waals surface area contributed by atoms with Crippen LogP contribution in [-0.2, 0) is 4.79 Å². The molecule has 1 aromatic heterocycles. The highest BCUT2D eigenvalue weighted by Crippen LogP contribution is 2.17. The highest BCUT2D eigenvalue weighted by molar-refractivity contribution is 5.92. The van der Waals surface area contributed by atoms with Gasteiger partial charge in [0, 0.05) is 35.5 Å². The summed E-state index contributed by atoms with van der Waals surface area (Å²) in [7, 11) is 0. The van der Waals surface area contributed by atoms with E-state index in [4.69, 9.17) is 5.73 Å². The van der Waals surface area contributed by atoms with E-state index in [0.29, 0.717) is 23.8 Å². The number of anilines is 1. The number of nitrogens with two attached hydrogens (primary N) is 1. The van der Waals surface area contributed by atoms with Crippen LogP contribution < -0.4 is 16.6 Å². The van der Waals surface area contributed by atoms with Gasteiger partial charge in [-0.25, -0.2) is 4.98 Å². The first-order chi connectivity index (χ1) is 9.99. The van der Waals surface area contributed by atoms with Gasteiger partial charge in [0.05, 0.1) is 0 Å². The lowest BCUT2D eigenvalue weighted by Gasteiger charge is -2.10. The normalized spacial score (nSPS) is 11.4. The van der Waals surface area contributed by atoms with Crippen LogP contribution in [0.5, 0.6) is 0 Å². The van der Waals surface area contributed by atoms with E-state index in [1.807, 2.05) is 0 Å². The summed E-state index contributed by atoms with van der Waals surface area (Å²) in [5.41, 5.74) is 7.38. The Balaban J connectivity index is 0.00000242. The second-order valence-electron chi connectivity index (χ2n) is 4.94. The van der Waals surface area contributed by atoms with Crippen LogP contribution in [-0.4, -0.2) is 22.4 Å². The first kappa shape index (κ1) is 17.9. The Labute approximate surface area is 134 Å². The Kier molecular flexibility index (Phi) is 6.27. The second kappa shape index (κ2) is 7.72. The van der Waals surface area contributed by atoms with Crippen molar-refractivity contribution < 1.29 is 4.79 Å². The summed E-state index contributed by atoms with van der Waals surface area (Å²) in [6, 6.07) is 8.55. The smallest absolute Gasteiger partial charge is 0.251 e. The van der Waals surface area contributed by atoms with Gasteiger partial charge in [0.15, 0.2) is 0 Å². The standard InChI is InChI=1S/C15H18N4O2.ClH/c1-9(8-16)15(21)18-12-5-3-11(4-6-12)14-17-10(2)7-13(20)19-14;/h3-7,9H,8,16H2,1-2H3,(H,18,21)(H,17,19,20);1H. The average molecular weight is 323 g/mol. The highest BCUT2D eigenvalue weighted by Gasteiger charge is 2.10. The lowest BCUT2D eigenvalue weighted by molar-refractivity contribution is -0.119. The van der Waals surface area contributed by atoms with Crippen LogP contribution in [0.4, 0.5) is 5.69 Å². The SMILES string of the molecule is Cc1cc(=O)[nH]c(-c2ccc(NC(=O)C(C)CN)cc2)n1.Cl. The van der Waals surface area contributed by atoms with Crippen LogP contribution in [0.2, 0.25) is 0 Å². The molecule has 0 fully saturated rings. The molecule has 2 rings (SSSR count). The van der Waals surface area contributed by atoms with Gasteiger partial charge in [-0.15, -0.1) is 12.4 Å². The van der Waals surface area contributed by atoms with Gasteiger partial charge in [0.2, 0.25) is 5.91 Å². The number of rotatable bonds is 4. The second-order valence-corrected chi connectivity index (χ2v) is 4.94. The molecule has 2 aromatic rings. The molecular formula is C15H19ClN4O2. The van der Waals surface area contributed by atoms with E-state index in [0.717, 1.165) is 5.56 Å². The number of nitrogens with zero attached hydrogens (tertiary/aromatic N) is 1. The molecule has 0 saturated carbocycles. The number of H-pyrrole nitrogens is 1. The molecule has 0 radical (unpaired) electrons. The van der Waals surface area contributed by atoms with Crippen LogP contribution >= 0.6 is 12.4 Å². The van der Waals surface area contributed by atoms with Gasteiger partial charge < -0.3 is 16.0 Å². The van der Waals surface area contributed by atoms with Crippen molar-refractivity contribution in [1.82, 2.24) is 9.97 Å². The van der Waals surface area contributed by atoms with Crippen molar-refractivity contribution in [2.75, 3.05) is 11.9 Å². The molecule has 0 aliphatic rings. The minimum absolute atomic E-state index is 0. The largest absolute Gasteiger partial charge is 0.330 e. The molecule has 118 valence electrons. The fourth-order valence-electron chi connectivity index (χ4n) is 1.80. The quantitative estimate of drug-likeness (QED) is 0.797. The van der Waals surface area contributed by atoms with Crippen molar-refractivity contribution in [2.45, 2.75) is 13.8 Å². The van der Waals surface area contributed by atoms with E-state index in [-0.39, 0.29) is 29.8 Å². The van der Waals surface area contributed by atoms with Gasteiger partial charge in [-0.1, -0.05) is 6.92 Å². The number of aryl methyl sites for hydroxylation is 1. The number of aromatic amines is 1. The number of amides is 1. The van der Waals surface area contributed by atoms with Crippen molar-refractivity contribution in [2.24, 2.45) is 11.7 Å². The lowest BCUT2D eigenvalue weighted by Crippen LogP contribution is -2.26. The van der Waals surface area contributed by atoms with Gasteiger partial charge in [-0.2, -0.15) is 0 Å². The molecule has 0 bridgehead atoms. The molecule has 0 aliphatic heterocycles. The van der Waals surface area contributed by atoms with Crippen LogP contribution in [0.3, 0.4) is 0 Å². The molecule has 22 heavy (non-hydrogen) atoms. The van der Waals surface area contributed by atoms with Gasteiger partial charge in [-0.3, -0.25) is 9.59 Å². The van der Waals surface area contributed by atoms with E-state index in [2.05, 4.69) is 15.3 Å². The lowest BCUT2D eigenvalue weighted by atomic mass is 10.1. The molecule has 0 saturated heterocycles. The third-order valence-electron chi connectivity index (χ3n) is 3.10. The van der Waals surface area contributed by atoms with Gasteiger partial charge in [0.25, 0.3) is 5.56 Å². The summed E-state index contributed by atoms with van der Waals surface area (Å²) in [6.45, 7) is 3.84. The molecule has 1 atom stereocenters. The zero-order chi connectivity index (χ0) is 15.4. The molecule has 1 amide bonds. The number of carbonyl (C=O) groups excluding carboxylic acids is 1. The third kappa shape index (κ3) is 4.41. The van der Waals surface area contributed by atoms with E-state index < -0.39 is 0 Å². The number of aromatic nitrogens is 2. The highest BCUT2D eigenvalue weighted by atomic mass is 35.5. The monoisotopic (exact) mass is 322 g/mol. The fourth-order valence-corrected chi connectivity index (χ4v) is 1.80. The van der Waals surface area contributed by atoms with E-state index in [9.17, 15) is 9.59 Å². The minimum atomic E-state index is -0.237. The Hall–Kier alpha value is -2.18. The van der Waals surface area contributed by atoms with Crippen molar-refractivity contribution in [3.63, 3.8) is 0 Å². The van der Waals surface area contributed by atoms with E-state index in [1.54, 1.807) is 38.1 Å². The Morgan fingerprint density at radius 2 is 2.00 bits per heavy atom. The molecular weight excluding hydrogens is 304 g/mol. The summed E-state index contributed by atoms with van der Waals surface area (Å²) < 4.78 is 0. The number of hydrogen-bond acceptors (Lipinski definition) is 4. The zero-order valence-corrected chi connectivity index (χ0v) is 13.2. The summed E-state index contributed by atoms with van der Waals surface area (Å²) in [5, 5.41) is 2.78. The zero-order valence-electron chi connectivity index (χ0n) is 12.4.